The molecule has 0 radical (unpaired) electrons. The average Bonchev–Trinajstić information content (AvgIpc) is 3.36. The van der Waals surface area contributed by atoms with Gasteiger partial charge in [0.2, 0.25) is 21.7 Å². The molecule has 6 heterocycles. The largest absolute Gasteiger partial charge is 0.481 e. The van der Waals surface area contributed by atoms with Crippen molar-refractivity contribution in [2.45, 2.75) is 64.0 Å². The molecule has 15 heteroatoms. The molecule has 2 aliphatic rings. The maximum Gasteiger partial charge on any atom is 0.310 e. The quantitative estimate of drug-likeness (QED) is 0.307. The summed E-state index contributed by atoms with van der Waals surface area (Å²) in [7, 11) is -4.06. The Morgan fingerprint density at radius 3 is 2.56 bits per heavy atom. The molecule has 0 saturated carbocycles. The molecule has 2 N–H and O–H groups in total. The van der Waals surface area contributed by atoms with Crippen molar-refractivity contribution in [2.75, 3.05) is 19.6 Å². The minimum atomic E-state index is -4.06. The molecule has 1 saturated heterocycles. The maximum absolute atomic E-state index is 14.0. The number of nitrogens with zero attached hydrogens (tertiary/aromatic N) is 6. The number of sulfonamides is 1. The molecule has 1 unspecified atom stereocenters. The van der Waals surface area contributed by atoms with Crippen molar-refractivity contribution in [2.24, 2.45) is 5.41 Å². The Kier molecular flexibility index (Phi) is 7.40. The van der Waals surface area contributed by atoms with Crippen molar-refractivity contribution >= 4 is 21.6 Å². The van der Waals surface area contributed by atoms with Gasteiger partial charge in [-0.05, 0) is 75.1 Å². The molecule has 2 aliphatic heterocycles. The normalized spacial score (nSPS) is 18.3. The van der Waals surface area contributed by atoms with Crippen LogP contribution in [0.25, 0.3) is 5.65 Å². The lowest BCUT2D eigenvalue weighted by molar-refractivity contribution is -0.147. The van der Waals surface area contributed by atoms with Gasteiger partial charge >= 0.3 is 5.97 Å². The maximum atomic E-state index is 14.0. The molecule has 1 spiro atoms. The first-order valence-electron chi connectivity index (χ1n) is 14.3. The molecule has 0 aliphatic carbocycles. The Morgan fingerprint density at radius 2 is 1.91 bits per heavy atom. The number of alkyl halides is 2. The molecule has 1 atom stereocenters. The van der Waals surface area contributed by atoms with Crippen LogP contribution in [0.2, 0.25) is 0 Å². The number of carboxylic acid groups (broad SMARTS) is 1. The first-order chi connectivity index (χ1) is 21.1. The predicted octanol–water partition coefficient (Wildman–Crippen LogP) is 3.55. The monoisotopic (exact) mass is 641 g/mol. The second-order valence-electron chi connectivity index (χ2n) is 12.4. The van der Waals surface area contributed by atoms with Crippen LogP contribution < -0.4 is 10.1 Å². The lowest BCUT2D eigenvalue weighted by Crippen LogP contribution is -2.67. The van der Waals surface area contributed by atoms with Crippen LogP contribution in [0.5, 0.6) is 5.88 Å². The molecule has 12 nitrogen and oxygen atoms in total. The fraction of sp³-hybridized carbons (Fsp3) is 0.433. The Hall–Kier alpha value is -4.08. The van der Waals surface area contributed by atoms with Crippen molar-refractivity contribution in [1.82, 2.24) is 34.2 Å². The van der Waals surface area contributed by atoms with Gasteiger partial charge in [0.1, 0.15) is 10.5 Å². The van der Waals surface area contributed by atoms with Crippen LogP contribution in [-0.4, -0.2) is 73.6 Å². The SMILES string of the molecule is Cc1cnc2c(c1)S(=O)(=O)N(Cc1nc(C(c3ccn4c(C(F)F)nnc4c3C)C(C)(C)C(=O)O)ccc1C)CC1(CNC1)O2. The Bertz CT molecular complexity index is 1940. The van der Waals surface area contributed by atoms with Gasteiger partial charge < -0.3 is 15.2 Å². The van der Waals surface area contributed by atoms with E-state index < -0.39 is 45.2 Å². The number of aromatic nitrogens is 5. The molecule has 4 aromatic heterocycles. The number of rotatable bonds is 7. The summed E-state index contributed by atoms with van der Waals surface area (Å²) in [5, 5.41) is 21.1. The summed E-state index contributed by atoms with van der Waals surface area (Å²) in [5.41, 5.74) is 1.16. The second-order valence-corrected chi connectivity index (χ2v) is 14.3. The van der Waals surface area contributed by atoms with E-state index in [1.807, 2.05) is 6.92 Å². The number of carboxylic acids is 1. The van der Waals surface area contributed by atoms with E-state index >= 15 is 0 Å². The van der Waals surface area contributed by atoms with Gasteiger partial charge in [-0.15, -0.1) is 10.2 Å². The number of hydrogen-bond donors (Lipinski definition) is 2. The molecular weight excluding hydrogens is 608 g/mol. The average molecular weight is 642 g/mol. The summed E-state index contributed by atoms with van der Waals surface area (Å²) in [5.74, 6) is -2.42. The minimum absolute atomic E-state index is 0.0228. The van der Waals surface area contributed by atoms with Crippen molar-refractivity contribution in [3.05, 3.63) is 76.1 Å². The number of hydrogen-bond acceptors (Lipinski definition) is 9. The summed E-state index contributed by atoms with van der Waals surface area (Å²) < 4.78 is 63.9. The lowest BCUT2D eigenvalue weighted by Gasteiger charge is -2.42. The van der Waals surface area contributed by atoms with E-state index in [0.29, 0.717) is 46.7 Å². The third-order valence-corrected chi connectivity index (χ3v) is 10.5. The number of carbonyl (C=O) groups is 1. The zero-order valence-electron chi connectivity index (χ0n) is 25.4. The Morgan fingerprint density at radius 1 is 1.18 bits per heavy atom. The van der Waals surface area contributed by atoms with E-state index in [1.54, 1.807) is 58.2 Å². The highest BCUT2D eigenvalue weighted by Crippen LogP contribution is 2.43. The van der Waals surface area contributed by atoms with Gasteiger partial charge in [-0.3, -0.25) is 14.2 Å². The number of halogens is 2. The smallest absolute Gasteiger partial charge is 0.310 e. The molecular formula is C30H33F2N7O5S. The summed E-state index contributed by atoms with van der Waals surface area (Å²) in [6.07, 6.45) is 0.124. The van der Waals surface area contributed by atoms with Gasteiger partial charge in [0.05, 0.1) is 24.2 Å². The van der Waals surface area contributed by atoms with Gasteiger partial charge in [0, 0.05) is 37.1 Å². The second kappa shape index (κ2) is 10.8. The van der Waals surface area contributed by atoms with E-state index in [9.17, 15) is 27.1 Å². The highest BCUT2D eigenvalue weighted by Gasteiger charge is 2.49. The van der Waals surface area contributed by atoms with Crippen molar-refractivity contribution < 1.29 is 31.8 Å². The fourth-order valence-corrected chi connectivity index (χ4v) is 7.62. The molecule has 0 bridgehead atoms. The van der Waals surface area contributed by atoms with Crippen LogP contribution in [0.3, 0.4) is 0 Å². The number of nitrogens with one attached hydrogen (secondary N) is 1. The van der Waals surface area contributed by atoms with Gasteiger partial charge in [-0.25, -0.2) is 22.2 Å². The Labute approximate surface area is 258 Å². The van der Waals surface area contributed by atoms with Gasteiger partial charge in [0.25, 0.3) is 6.43 Å². The number of pyridine rings is 3. The first-order valence-corrected chi connectivity index (χ1v) is 15.8. The van der Waals surface area contributed by atoms with Crippen LogP contribution in [0.15, 0.2) is 41.6 Å². The van der Waals surface area contributed by atoms with Crippen molar-refractivity contribution in [1.29, 1.82) is 0 Å². The van der Waals surface area contributed by atoms with Gasteiger partial charge in [-0.2, -0.15) is 4.31 Å². The van der Waals surface area contributed by atoms with Crippen LogP contribution >= 0.6 is 0 Å². The highest BCUT2D eigenvalue weighted by molar-refractivity contribution is 7.89. The number of fused-ring (bicyclic) bond motifs is 2. The molecule has 6 rings (SSSR count). The zero-order valence-corrected chi connectivity index (χ0v) is 26.2. The third-order valence-electron chi connectivity index (χ3n) is 8.76. The number of aryl methyl sites for hydroxylation is 3. The van der Waals surface area contributed by atoms with E-state index in [2.05, 4.69) is 20.5 Å². The topological polar surface area (TPSA) is 152 Å². The van der Waals surface area contributed by atoms with Gasteiger partial charge in [0.15, 0.2) is 5.65 Å². The van der Waals surface area contributed by atoms with Crippen LogP contribution in [0.4, 0.5) is 8.78 Å². The van der Waals surface area contributed by atoms with Crippen molar-refractivity contribution in [3.63, 3.8) is 0 Å². The minimum Gasteiger partial charge on any atom is -0.481 e. The third kappa shape index (κ3) is 5.12. The fourth-order valence-electron chi connectivity index (χ4n) is 6.00. The molecule has 0 amide bonds. The first kappa shape index (κ1) is 30.9. The number of aliphatic carboxylic acids is 1. The van der Waals surface area contributed by atoms with E-state index in [0.717, 1.165) is 0 Å². The molecule has 4 aromatic rings. The van der Waals surface area contributed by atoms with E-state index in [-0.39, 0.29) is 29.5 Å². The molecule has 45 heavy (non-hydrogen) atoms. The summed E-state index contributed by atoms with van der Waals surface area (Å²) in [6, 6.07) is 6.63. The van der Waals surface area contributed by atoms with Crippen LogP contribution in [0.1, 0.15) is 65.7 Å². The number of ether oxygens (including phenoxy) is 1. The standard InChI is InChI=1S/C30H33F2N7O5S/c1-16-10-22-27(34-11-16)44-30(13-33-14-30)15-38(45(22,42)43)12-21-17(2)6-7-20(35-21)23(29(4,5)28(40)41)19-8-9-39-25(18(19)3)36-37-26(39)24(31)32/h6-11,23-24,33H,12-15H2,1-5H3,(H,40,41). The lowest BCUT2D eigenvalue weighted by atomic mass is 9.72. The van der Waals surface area contributed by atoms with Gasteiger partial charge in [-0.1, -0.05) is 6.07 Å². The molecule has 1 fully saturated rings. The predicted molar refractivity (Wildman–Crippen MR) is 158 cm³/mol. The summed E-state index contributed by atoms with van der Waals surface area (Å²) >= 11 is 0. The van der Waals surface area contributed by atoms with Crippen LogP contribution in [-0.2, 0) is 21.4 Å². The summed E-state index contributed by atoms with van der Waals surface area (Å²) in [6.45, 7) is 9.21. The molecule has 0 aromatic carbocycles. The molecule has 238 valence electrons. The van der Waals surface area contributed by atoms with Crippen LogP contribution in [0, 0.1) is 26.2 Å². The van der Waals surface area contributed by atoms with E-state index in [1.165, 1.54) is 14.9 Å². The van der Waals surface area contributed by atoms with Crippen molar-refractivity contribution in [3.8, 4) is 5.88 Å². The van der Waals surface area contributed by atoms with E-state index in [4.69, 9.17) is 9.72 Å². The highest BCUT2D eigenvalue weighted by atomic mass is 32.2. The Balaban J connectivity index is 1.46. The zero-order chi connectivity index (χ0) is 32.5. The summed E-state index contributed by atoms with van der Waals surface area (Å²) in [4.78, 5) is 21.8.